The summed E-state index contributed by atoms with van der Waals surface area (Å²) in [5.41, 5.74) is 0.508. The molecule has 0 aromatic carbocycles. The molecule has 1 atom stereocenters. The third-order valence-corrected chi connectivity index (χ3v) is 2.46. The Bertz CT molecular complexity index is 51.7. The quantitative estimate of drug-likeness (QED) is 0.417. The van der Waals surface area contributed by atoms with E-state index in [-0.39, 0.29) is 0 Å². The first kappa shape index (κ1) is 8.47. The van der Waals surface area contributed by atoms with Gasteiger partial charge in [0.2, 0.25) is 0 Å². The molecular formula is C5H13ClOSi. The van der Waals surface area contributed by atoms with E-state index in [0.29, 0.717) is 5.73 Å². The van der Waals surface area contributed by atoms with Crippen LogP contribution < -0.4 is 0 Å². The van der Waals surface area contributed by atoms with Gasteiger partial charge in [0.25, 0.3) is 0 Å². The number of ether oxygens (including phenoxy) is 1. The second-order valence-electron chi connectivity index (χ2n) is 1.88. The molecule has 0 N–H and O–H groups in total. The minimum absolute atomic E-state index is 0.508. The molecule has 0 aliphatic rings. The average Bonchev–Trinajstić information content (AvgIpc) is 1.83. The molecule has 0 spiro atoms. The highest BCUT2D eigenvalue weighted by molar-refractivity contribution is 6.17. The van der Waals surface area contributed by atoms with Crippen molar-refractivity contribution in [2.45, 2.75) is 18.6 Å². The Labute approximate surface area is 58.8 Å². The van der Waals surface area contributed by atoms with Gasteiger partial charge < -0.3 is 4.74 Å². The zero-order valence-corrected chi connectivity index (χ0v) is 8.24. The van der Waals surface area contributed by atoms with Gasteiger partial charge in [0, 0.05) is 29.0 Å². The van der Waals surface area contributed by atoms with Crippen molar-refractivity contribution in [3.63, 3.8) is 0 Å². The molecule has 0 radical (unpaired) electrons. The van der Waals surface area contributed by atoms with Crippen molar-refractivity contribution >= 4 is 21.8 Å². The summed E-state index contributed by atoms with van der Waals surface area (Å²) in [4.78, 5) is 0. The fourth-order valence-electron chi connectivity index (χ4n) is 0.482. The third-order valence-electron chi connectivity index (χ3n) is 1.15. The minimum Gasteiger partial charge on any atom is -0.386 e. The van der Waals surface area contributed by atoms with Gasteiger partial charge in [0.1, 0.15) is 0 Å². The van der Waals surface area contributed by atoms with Gasteiger partial charge in [-0.1, -0.05) is 0 Å². The zero-order valence-electron chi connectivity index (χ0n) is 5.48. The summed E-state index contributed by atoms with van der Waals surface area (Å²) in [7, 11) is 2.88. The predicted molar refractivity (Wildman–Crippen MR) is 40.7 cm³/mol. The van der Waals surface area contributed by atoms with Gasteiger partial charge in [0.05, 0.1) is 0 Å². The van der Waals surface area contributed by atoms with Gasteiger partial charge in [0.15, 0.2) is 0 Å². The van der Waals surface area contributed by atoms with Gasteiger partial charge in [-0.15, -0.1) is 11.6 Å². The molecule has 0 amide bonds. The average molecular weight is 153 g/mol. The van der Waals surface area contributed by atoms with E-state index in [4.69, 9.17) is 16.3 Å². The van der Waals surface area contributed by atoms with Crippen LogP contribution in [0.1, 0.15) is 12.8 Å². The molecule has 0 fully saturated rings. The Kier molecular flexibility index (Phi) is 5.93. The maximum atomic E-state index is 5.46. The lowest BCUT2D eigenvalue weighted by Gasteiger charge is -2.05. The number of rotatable bonds is 4. The van der Waals surface area contributed by atoms with Crippen LogP contribution in [0.15, 0.2) is 0 Å². The summed E-state index contributed by atoms with van der Waals surface area (Å²) in [6, 6.07) is 0. The van der Waals surface area contributed by atoms with Crippen molar-refractivity contribution in [2.24, 2.45) is 0 Å². The minimum atomic E-state index is 0.508. The molecule has 0 aliphatic carbocycles. The van der Waals surface area contributed by atoms with Crippen LogP contribution >= 0.6 is 11.6 Å². The summed E-state index contributed by atoms with van der Waals surface area (Å²) < 4.78 is 5.06. The van der Waals surface area contributed by atoms with Crippen LogP contribution in [0.3, 0.4) is 0 Å². The molecule has 1 unspecified atom stereocenters. The molecule has 0 bridgehead atoms. The first-order valence-corrected chi connectivity index (χ1v) is 4.59. The number of methoxy groups -OCH3 is 1. The van der Waals surface area contributed by atoms with Crippen LogP contribution in [0, 0.1) is 0 Å². The first-order valence-electron chi connectivity index (χ1n) is 2.90. The Hall–Kier alpha value is 0.467. The van der Waals surface area contributed by atoms with Crippen molar-refractivity contribution in [1.29, 1.82) is 0 Å². The molecule has 0 heterocycles. The van der Waals surface area contributed by atoms with Gasteiger partial charge in [-0.3, -0.25) is 0 Å². The van der Waals surface area contributed by atoms with Gasteiger partial charge in [-0.25, -0.2) is 0 Å². The van der Waals surface area contributed by atoms with E-state index in [0.717, 1.165) is 29.0 Å². The van der Waals surface area contributed by atoms with Crippen molar-refractivity contribution in [1.82, 2.24) is 0 Å². The molecule has 1 nitrogen and oxygen atoms in total. The van der Waals surface area contributed by atoms with Crippen molar-refractivity contribution in [3.8, 4) is 0 Å². The summed E-state index contributed by atoms with van der Waals surface area (Å²) in [6.45, 7) is 0. The molecule has 0 saturated heterocycles. The van der Waals surface area contributed by atoms with Crippen LogP contribution in [0.25, 0.3) is 0 Å². The molecule has 0 aromatic rings. The maximum absolute atomic E-state index is 5.46. The SMILES string of the molecule is COC([SiH3])CCCCl. The smallest absolute Gasteiger partial charge is 0.0392 e. The van der Waals surface area contributed by atoms with Gasteiger partial charge >= 0.3 is 0 Å². The first-order chi connectivity index (χ1) is 3.81. The van der Waals surface area contributed by atoms with E-state index in [1.54, 1.807) is 7.11 Å². The number of halogens is 1. The zero-order chi connectivity index (χ0) is 6.41. The third kappa shape index (κ3) is 4.62. The highest BCUT2D eigenvalue weighted by atomic mass is 35.5. The largest absolute Gasteiger partial charge is 0.386 e. The van der Waals surface area contributed by atoms with E-state index in [2.05, 4.69) is 0 Å². The fourth-order valence-corrected chi connectivity index (χ4v) is 1.05. The highest BCUT2D eigenvalue weighted by Crippen LogP contribution is 1.97. The van der Waals surface area contributed by atoms with Gasteiger partial charge in [-0.2, -0.15) is 0 Å². The number of hydrogen-bond acceptors (Lipinski definition) is 1. The second-order valence-corrected chi connectivity index (χ2v) is 3.54. The van der Waals surface area contributed by atoms with E-state index in [1.165, 1.54) is 0 Å². The fraction of sp³-hybridized carbons (Fsp3) is 1.00. The Morgan fingerprint density at radius 1 is 1.75 bits per heavy atom. The standard InChI is InChI=1S/C5H13ClOSi/c1-7-5(8)3-2-4-6/h5H,2-4H2,1,8H3. The van der Waals surface area contributed by atoms with E-state index in [9.17, 15) is 0 Å². The predicted octanol–water partition coefficient (Wildman–Crippen LogP) is 0.343. The Balaban J connectivity index is 2.86. The highest BCUT2D eigenvalue weighted by Gasteiger charge is 1.95. The topological polar surface area (TPSA) is 9.23 Å². The van der Waals surface area contributed by atoms with E-state index in [1.807, 2.05) is 0 Å². The molecule has 3 heteroatoms. The summed E-state index contributed by atoms with van der Waals surface area (Å²) in [6.07, 6.45) is 2.22. The van der Waals surface area contributed by atoms with E-state index < -0.39 is 0 Å². The molecule has 50 valence electrons. The molecule has 8 heavy (non-hydrogen) atoms. The van der Waals surface area contributed by atoms with Crippen LogP contribution in [-0.2, 0) is 4.74 Å². The summed E-state index contributed by atoms with van der Waals surface area (Å²) in [5.74, 6) is 0.766. The van der Waals surface area contributed by atoms with Gasteiger partial charge in [-0.05, 0) is 12.8 Å². The monoisotopic (exact) mass is 152 g/mol. The normalized spacial score (nSPS) is 14.2. The molecule has 0 rings (SSSR count). The van der Waals surface area contributed by atoms with Crippen molar-refractivity contribution < 1.29 is 4.74 Å². The Morgan fingerprint density at radius 3 is 2.75 bits per heavy atom. The summed E-state index contributed by atoms with van der Waals surface area (Å²) in [5, 5.41) is 0. The summed E-state index contributed by atoms with van der Waals surface area (Å²) >= 11 is 5.46. The van der Waals surface area contributed by atoms with Crippen LogP contribution in [0.5, 0.6) is 0 Å². The molecular weight excluding hydrogens is 140 g/mol. The number of alkyl halides is 1. The molecule has 0 aliphatic heterocycles. The van der Waals surface area contributed by atoms with Crippen molar-refractivity contribution in [3.05, 3.63) is 0 Å². The lowest BCUT2D eigenvalue weighted by atomic mass is 10.3. The van der Waals surface area contributed by atoms with E-state index >= 15 is 0 Å². The lowest BCUT2D eigenvalue weighted by Crippen LogP contribution is -2.09. The number of hydrogen-bond donors (Lipinski definition) is 0. The van der Waals surface area contributed by atoms with Crippen molar-refractivity contribution in [2.75, 3.05) is 13.0 Å². The molecule has 0 saturated carbocycles. The lowest BCUT2D eigenvalue weighted by molar-refractivity contribution is 0.159. The maximum Gasteiger partial charge on any atom is 0.0392 e. The van der Waals surface area contributed by atoms with Crippen LogP contribution in [0.4, 0.5) is 0 Å². The van der Waals surface area contributed by atoms with Crippen LogP contribution in [0.2, 0.25) is 0 Å². The van der Waals surface area contributed by atoms with Crippen LogP contribution in [-0.4, -0.2) is 29.0 Å². The Morgan fingerprint density at radius 2 is 2.38 bits per heavy atom. The molecule has 0 aromatic heterocycles. The second kappa shape index (κ2) is 5.60.